The molecule has 0 radical (unpaired) electrons. The molecule has 0 saturated heterocycles. The third kappa shape index (κ3) is 2.93. The first-order valence-electron chi connectivity index (χ1n) is 6.49. The van der Waals surface area contributed by atoms with Crippen LogP contribution in [0.1, 0.15) is 0 Å². The van der Waals surface area contributed by atoms with E-state index >= 15 is 0 Å². The minimum Gasteiger partial charge on any atom is -0.454 e. The van der Waals surface area contributed by atoms with Crippen molar-refractivity contribution in [1.82, 2.24) is 14.8 Å². The second kappa shape index (κ2) is 6.14. The molecule has 0 spiro atoms. The summed E-state index contributed by atoms with van der Waals surface area (Å²) in [6, 6.07) is 5.62. The highest BCUT2D eigenvalue weighted by atomic mass is 32.2. The summed E-state index contributed by atoms with van der Waals surface area (Å²) in [4.78, 5) is 10.5. The lowest BCUT2D eigenvalue weighted by Crippen LogP contribution is -2.14. The first-order valence-corrected chi connectivity index (χ1v) is 7.48. The number of rotatable bonds is 5. The van der Waals surface area contributed by atoms with Crippen LogP contribution in [0.4, 0.5) is 4.79 Å². The first-order chi connectivity index (χ1) is 10.6. The molecule has 8 nitrogen and oxygen atoms in total. The van der Waals surface area contributed by atoms with Crippen LogP contribution >= 0.6 is 11.8 Å². The SMILES string of the molecule is Cn1c(SCCOC(N)=O)nnc1-c1ccc2c(c1)OCO2. The number of primary amides is 1. The second-order valence-electron chi connectivity index (χ2n) is 4.45. The van der Waals surface area contributed by atoms with Gasteiger partial charge in [0.05, 0.1) is 0 Å². The van der Waals surface area contributed by atoms with Gasteiger partial charge < -0.3 is 24.5 Å². The number of nitrogens with zero attached hydrogens (tertiary/aromatic N) is 3. The van der Waals surface area contributed by atoms with Gasteiger partial charge in [-0.2, -0.15) is 0 Å². The summed E-state index contributed by atoms with van der Waals surface area (Å²) >= 11 is 1.43. The molecule has 1 aliphatic rings. The number of aromatic nitrogens is 3. The van der Waals surface area contributed by atoms with Crippen molar-refractivity contribution in [2.45, 2.75) is 5.16 Å². The molecule has 1 aliphatic heterocycles. The molecule has 22 heavy (non-hydrogen) atoms. The van der Waals surface area contributed by atoms with Crippen molar-refractivity contribution in [2.24, 2.45) is 12.8 Å². The molecule has 116 valence electrons. The lowest BCUT2D eigenvalue weighted by molar-refractivity contribution is 0.164. The number of hydrogen-bond acceptors (Lipinski definition) is 7. The highest BCUT2D eigenvalue weighted by Crippen LogP contribution is 2.35. The lowest BCUT2D eigenvalue weighted by atomic mass is 10.2. The maximum atomic E-state index is 10.5. The minimum atomic E-state index is -0.778. The zero-order valence-corrected chi connectivity index (χ0v) is 12.6. The van der Waals surface area contributed by atoms with Crippen LogP contribution in [-0.2, 0) is 11.8 Å². The number of fused-ring (bicyclic) bond motifs is 1. The molecular weight excluding hydrogens is 308 g/mol. The van der Waals surface area contributed by atoms with Gasteiger partial charge in [-0.1, -0.05) is 11.8 Å². The maximum Gasteiger partial charge on any atom is 0.404 e. The van der Waals surface area contributed by atoms with Crippen LogP contribution in [0.2, 0.25) is 0 Å². The van der Waals surface area contributed by atoms with Gasteiger partial charge in [0, 0.05) is 18.4 Å². The largest absolute Gasteiger partial charge is 0.454 e. The highest BCUT2D eigenvalue weighted by molar-refractivity contribution is 7.99. The molecule has 2 aromatic rings. The van der Waals surface area contributed by atoms with Gasteiger partial charge in [-0.25, -0.2) is 4.79 Å². The number of hydrogen-bond donors (Lipinski definition) is 1. The topological polar surface area (TPSA) is 101 Å². The van der Waals surface area contributed by atoms with Crippen molar-refractivity contribution in [3.63, 3.8) is 0 Å². The number of carbonyl (C=O) groups is 1. The minimum absolute atomic E-state index is 0.228. The van der Waals surface area contributed by atoms with Crippen LogP contribution < -0.4 is 15.2 Å². The van der Waals surface area contributed by atoms with E-state index in [1.807, 2.05) is 29.8 Å². The van der Waals surface area contributed by atoms with E-state index in [1.165, 1.54) is 11.8 Å². The smallest absolute Gasteiger partial charge is 0.404 e. The Hall–Kier alpha value is -2.42. The monoisotopic (exact) mass is 322 g/mol. The predicted octanol–water partition coefficient (Wildman–Crippen LogP) is 1.40. The molecule has 9 heteroatoms. The van der Waals surface area contributed by atoms with Crippen LogP contribution in [0.15, 0.2) is 23.4 Å². The van der Waals surface area contributed by atoms with E-state index < -0.39 is 6.09 Å². The zero-order chi connectivity index (χ0) is 15.5. The molecule has 2 N–H and O–H groups in total. The molecule has 0 fully saturated rings. The van der Waals surface area contributed by atoms with Gasteiger partial charge in [0.1, 0.15) is 6.61 Å². The summed E-state index contributed by atoms with van der Waals surface area (Å²) in [7, 11) is 1.87. The van der Waals surface area contributed by atoms with Gasteiger partial charge in [-0.3, -0.25) is 0 Å². The van der Waals surface area contributed by atoms with Gasteiger partial charge in [0.25, 0.3) is 0 Å². The number of nitrogens with two attached hydrogens (primary N) is 1. The van der Waals surface area contributed by atoms with Crippen molar-refractivity contribution in [3.8, 4) is 22.9 Å². The molecule has 1 aromatic carbocycles. The van der Waals surface area contributed by atoms with Gasteiger partial charge in [0.15, 0.2) is 22.5 Å². The molecular formula is C13H14N4O4S. The molecule has 3 rings (SSSR count). The summed E-state index contributed by atoms with van der Waals surface area (Å²) in [5.41, 5.74) is 5.79. The van der Waals surface area contributed by atoms with Crippen LogP contribution in [0.5, 0.6) is 11.5 Å². The van der Waals surface area contributed by atoms with Crippen molar-refractivity contribution in [1.29, 1.82) is 0 Å². The Balaban J connectivity index is 1.71. The number of benzene rings is 1. The highest BCUT2D eigenvalue weighted by Gasteiger charge is 2.17. The number of thioether (sulfide) groups is 1. The quantitative estimate of drug-likeness (QED) is 0.655. The van der Waals surface area contributed by atoms with E-state index in [2.05, 4.69) is 14.9 Å². The Morgan fingerprint density at radius 1 is 1.41 bits per heavy atom. The molecule has 0 aliphatic carbocycles. The molecule has 1 amide bonds. The third-order valence-corrected chi connectivity index (χ3v) is 4.01. The van der Waals surface area contributed by atoms with E-state index in [1.54, 1.807) is 0 Å². The standard InChI is InChI=1S/C13H14N4O4S/c1-17-11(8-2-3-9-10(6-8)21-7-20-9)15-16-13(17)22-5-4-19-12(14)18/h2-3,6H,4-5,7H2,1H3,(H2,14,18). The van der Waals surface area contributed by atoms with E-state index in [0.29, 0.717) is 11.5 Å². The molecule has 0 bridgehead atoms. The van der Waals surface area contributed by atoms with Crippen molar-refractivity contribution in [2.75, 3.05) is 19.2 Å². The van der Waals surface area contributed by atoms with Gasteiger partial charge in [0.2, 0.25) is 6.79 Å². The number of carbonyl (C=O) groups excluding carboxylic acids is 1. The fourth-order valence-corrected chi connectivity index (χ4v) is 2.73. The number of ether oxygens (including phenoxy) is 3. The molecule has 0 unspecified atom stereocenters. The molecule has 0 saturated carbocycles. The fraction of sp³-hybridized carbons (Fsp3) is 0.308. The second-order valence-corrected chi connectivity index (χ2v) is 5.51. The number of amides is 1. The van der Waals surface area contributed by atoms with E-state index in [0.717, 1.165) is 22.3 Å². The first kappa shape index (κ1) is 14.5. The average molecular weight is 322 g/mol. The third-order valence-electron chi connectivity index (χ3n) is 3.02. The van der Waals surface area contributed by atoms with Crippen LogP contribution in [0.25, 0.3) is 11.4 Å². The van der Waals surface area contributed by atoms with Gasteiger partial charge >= 0.3 is 6.09 Å². The van der Waals surface area contributed by atoms with Crippen molar-refractivity contribution in [3.05, 3.63) is 18.2 Å². The molecule has 2 heterocycles. The molecule has 1 aromatic heterocycles. The van der Waals surface area contributed by atoms with Gasteiger partial charge in [-0.05, 0) is 18.2 Å². The van der Waals surface area contributed by atoms with Gasteiger partial charge in [-0.15, -0.1) is 10.2 Å². The summed E-state index contributed by atoms with van der Waals surface area (Å²) < 4.78 is 17.2. The van der Waals surface area contributed by atoms with Crippen LogP contribution in [-0.4, -0.2) is 40.0 Å². The Kier molecular flexibility index (Phi) is 4.05. The Labute approximate surface area is 130 Å². The predicted molar refractivity (Wildman–Crippen MR) is 78.8 cm³/mol. The van der Waals surface area contributed by atoms with Crippen LogP contribution in [0, 0.1) is 0 Å². The lowest BCUT2D eigenvalue weighted by Gasteiger charge is -2.05. The van der Waals surface area contributed by atoms with E-state index in [4.69, 9.17) is 15.2 Å². The van der Waals surface area contributed by atoms with Crippen molar-refractivity contribution >= 4 is 17.9 Å². The molecule has 0 atom stereocenters. The van der Waals surface area contributed by atoms with Crippen molar-refractivity contribution < 1.29 is 19.0 Å². The summed E-state index contributed by atoms with van der Waals surface area (Å²) in [6.07, 6.45) is -0.778. The Morgan fingerprint density at radius 3 is 3.05 bits per heavy atom. The van der Waals surface area contributed by atoms with Crippen LogP contribution in [0.3, 0.4) is 0 Å². The summed E-state index contributed by atoms with van der Waals surface area (Å²) in [6.45, 7) is 0.463. The zero-order valence-electron chi connectivity index (χ0n) is 11.8. The fourth-order valence-electron chi connectivity index (χ4n) is 2.00. The van der Waals surface area contributed by atoms with E-state index in [-0.39, 0.29) is 13.4 Å². The Bertz CT molecular complexity index is 703. The maximum absolute atomic E-state index is 10.5. The van der Waals surface area contributed by atoms with E-state index in [9.17, 15) is 4.79 Å². The average Bonchev–Trinajstić information content (AvgIpc) is 3.09. The summed E-state index contributed by atoms with van der Waals surface area (Å²) in [5, 5.41) is 9.05. The Morgan fingerprint density at radius 2 is 2.23 bits per heavy atom. The normalized spacial score (nSPS) is 12.4. The summed E-state index contributed by atoms with van der Waals surface area (Å²) in [5.74, 6) is 2.70.